The molecule has 7 nitrogen and oxygen atoms in total. The molecule has 2 rings (SSSR count). The van der Waals surface area contributed by atoms with Gasteiger partial charge in [0.15, 0.2) is 0 Å². The highest BCUT2D eigenvalue weighted by molar-refractivity contribution is 14.1. The second kappa shape index (κ2) is 4.91. The van der Waals surface area contributed by atoms with Gasteiger partial charge in [0.25, 0.3) is 5.69 Å². The van der Waals surface area contributed by atoms with Gasteiger partial charge in [-0.05, 0) is 22.6 Å². The van der Waals surface area contributed by atoms with E-state index in [1.54, 1.807) is 22.6 Å². The molecule has 0 aliphatic heterocycles. The van der Waals surface area contributed by atoms with Crippen molar-refractivity contribution in [3.05, 3.63) is 49.6 Å². The van der Waals surface area contributed by atoms with Crippen LogP contribution in [0.1, 0.15) is 10.4 Å². The molecule has 1 heterocycles. The van der Waals surface area contributed by atoms with Gasteiger partial charge in [0.05, 0.1) is 20.3 Å². The van der Waals surface area contributed by atoms with Gasteiger partial charge >= 0.3 is 5.97 Å². The Morgan fingerprint density at radius 3 is 2.74 bits per heavy atom. The highest BCUT2D eigenvalue weighted by atomic mass is 127. The number of hydrogen-bond acceptors (Lipinski definition) is 4. The molecule has 2 aromatic rings. The van der Waals surface area contributed by atoms with Crippen LogP contribution in [0.15, 0.2) is 24.5 Å². The lowest BCUT2D eigenvalue weighted by Gasteiger charge is -2.04. The molecule has 98 valence electrons. The standard InChI is InChI=1S/C10H5FIN3O4/c11-6-1-8(9(15(18)19)2-7(6)12)14-4-5(3-13-14)10(16)17/h1-4H,(H,16,17). The van der Waals surface area contributed by atoms with Crippen molar-refractivity contribution in [3.63, 3.8) is 0 Å². The van der Waals surface area contributed by atoms with Gasteiger partial charge in [-0.2, -0.15) is 5.10 Å². The van der Waals surface area contributed by atoms with Crippen molar-refractivity contribution in [2.75, 3.05) is 0 Å². The van der Waals surface area contributed by atoms with E-state index in [1.165, 1.54) is 0 Å². The van der Waals surface area contributed by atoms with Gasteiger partial charge in [0, 0.05) is 18.3 Å². The van der Waals surface area contributed by atoms with Crippen LogP contribution in [-0.4, -0.2) is 25.8 Å². The summed E-state index contributed by atoms with van der Waals surface area (Å²) in [5, 5.41) is 23.4. The summed E-state index contributed by atoms with van der Waals surface area (Å²) in [7, 11) is 0. The van der Waals surface area contributed by atoms with Crippen LogP contribution >= 0.6 is 22.6 Å². The molecule has 19 heavy (non-hydrogen) atoms. The summed E-state index contributed by atoms with van der Waals surface area (Å²) in [6, 6.07) is 2.01. The predicted octanol–water partition coefficient (Wildman–Crippen LogP) is 2.22. The largest absolute Gasteiger partial charge is 0.478 e. The second-order valence-electron chi connectivity index (χ2n) is 3.49. The van der Waals surface area contributed by atoms with Gasteiger partial charge in [0.2, 0.25) is 0 Å². The monoisotopic (exact) mass is 377 g/mol. The van der Waals surface area contributed by atoms with Gasteiger partial charge in [0.1, 0.15) is 11.5 Å². The number of nitrogens with zero attached hydrogens (tertiary/aromatic N) is 3. The highest BCUT2D eigenvalue weighted by Crippen LogP contribution is 2.27. The van der Waals surface area contributed by atoms with Gasteiger partial charge in [-0.25, -0.2) is 13.9 Å². The van der Waals surface area contributed by atoms with Crippen LogP contribution in [0.25, 0.3) is 5.69 Å². The van der Waals surface area contributed by atoms with Crippen LogP contribution in [0, 0.1) is 19.5 Å². The molecule has 0 aliphatic rings. The molecule has 0 atom stereocenters. The van der Waals surface area contributed by atoms with E-state index < -0.39 is 16.7 Å². The number of carboxylic acids is 1. The number of carboxylic acid groups (broad SMARTS) is 1. The van der Waals surface area contributed by atoms with E-state index >= 15 is 0 Å². The zero-order valence-electron chi connectivity index (χ0n) is 9.08. The molecule has 0 amide bonds. The maximum atomic E-state index is 13.5. The number of aromatic carboxylic acids is 1. The lowest BCUT2D eigenvalue weighted by molar-refractivity contribution is -0.384. The summed E-state index contributed by atoms with van der Waals surface area (Å²) in [4.78, 5) is 21.0. The smallest absolute Gasteiger partial charge is 0.338 e. The van der Waals surface area contributed by atoms with Crippen LogP contribution in [0.4, 0.5) is 10.1 Å². The summed E-state index contributed by atoms with van der Waals surface area (Å²) >= 11 is 1.63. The lowest BCUT2D eigenvalue weighted by Crippen LogP contribution is -2.03. The fourth-order valence-electron chi connectivity index (χ4n) is 1.42. The van der Waals surface area contributed by atoms with Crippen molar-refractivity contribution in [1.29, 1.82) is 0 Å². The third kappa shape index (κ3) is 2.54. The Bertz CT molecular complexity index is 685. The van der Waals surface area contributed by atoms with Gasteiger partial charge in [-0.3, -0.25) is 10.1 Å². The van der Waals surface area contributed by atoms with Gasteiger partial charge < -0.3 is 5.11 Å². The van der Waals surface area contributed by atoms with E-state index in [4.69, 9.17) is 5.11 Å². The minimum Gasteiger partial charge on any atom is -0.478 e. The van der Waals surface area contributed by atoms with Crippen LogP contribution in [0.3, 0.4) is 0 Å². The van der Waals surface area contributed by atoms with Crippen LogP contribution in [0.5, 0.6) is 0 Å². The number of nitro benzene ring substituents is 1. The van der Waals surface area contributed by atoms with Gasteiger partial charge in [-0.1, -0.05) is 0 Å². The number of nitro groups is 1. The van der Waals surface area contributed by atoms with E-state index in [0.717, 1.165) is 29.2 Å². The van der Waals surface area contributed by atoms with Crippen molar-refractivity contribution in [2.45, 2.75) is 0 Å². The number of rotatable bonds is 3. The SMILES string of the molecule is O=C(O)c1cnn(-c2cc(F)c(I)cc2[N+](=O)[O-])c1. The van der Waals surface area contributed by atoms with Crippen molar-refractivity contribution in [2.24, 2.45) is 0 Å². The Labute approximate surface area is 118 Å². The quantitative estimate of drug-likeness (QED) is 0.503. The summed E-state index contributed by atoms with van der Waals surface area (Å²) in [6.07, 6.45) is 2.11. The zero-order valence-corrected chi connectivity index (χ0v) is 11.2. The molecule has 0 saturated heterocycles. The zero-order chi connectivity index (χ0) is 14.2. The topological polar surface area (TPSA) is 98.3 Å². The first kappa shape index (κ1) is 13.4. The predicted molar refractivity (Wildman–Crippen MR) is 69.9 cm³/mol. The molecule has 0 spiro atoms. The third-order valence-corrected chi connectivity index (χ3v) is 3.12. The van der Waals surface area contributed by atoms with E-state index in [-0.39, 0.29) is 20.5 Å². The fourth-order valence-corrected chi connectivity index (χ4v) is 1.87. The lowest BCUT2D eigenvalue weighted by atomic mass is 10.2. The summed E-state index contributed by atoms with van der Waals surface area (Å²) in [5.41, 5.74) is -0.630. The average Bonchev–Trinajstić information content (AvgIpc) is 2.81. The summed E-state index contributed by atoms with van der Waals surface area (Å²) in [6.45, 7) is 0. The van der Waals surface area contributed by atoms with Crippen molar-refractivity contribution < 1.29 is 19.2 Å². The fraction of sp³-hybridized carbons (Fsp3) is 0. The van der Waals surface area contributed by atoms with Crippen LogP contribution < -0.4 is 0 Å². The maximum Gasteiger partial charge on any atom is 0.338 e. The Kier molecular flexibility index (Phi) is 3.46. The van der Waals surface area contributed by atoms with E-state index in [1.807, 2.05) is 0 Å². The van der Waals surface area contributed by atoms with Crippen molar-refractivity contribution in [1.82, 2.24) is 9.78 Å². The van der Waals surface area contributed by atoms with Crippen molar-refractivity contribution in [3.8, 4) is 5.69 Å². The summed E-state index contributed by atoms with van der Waals surface area (Å²) in [5.74, 6) is -1.87. The molecule has 1 N–H and O–H groups in total. The molecule has 0 saturated carbocycles. The first-order valence-electron chi connectivity index (χ1n) is 4.82. The van der Waals surface area contributed by atoms with E-state index in [2.05, 4.69) is 5.10 Å². The maximum absolute atomic E-state index is 13.5. The van der Waals surface area contributed by atoms with E-state index in [9.17, 15) is 19.3 Å². The molecule has 0 aliphatic carbocycles. The van der Waals surface area contributed by atoms with Gasteiger partial charge in [-0.15, -0.1) is 0 Å². The Hall–Kier alpha value is -2.04. The number of benzene rings is 1. The third-order valence-electron chi connectivity index (χ3n) is 2.29. The highest BCUT2D eigenvalue weighted by Gasteiger charge is 2.20. The minimum absolute atomic E-state index is 0.0960. The minimum atomic E-state index is -1.22. The number of carbonyl (C=O) groups is 1. The first-order chi connectivity index (χ1) is 8.90. The average molecular weight is 377 g/mol. The Balaban J connectivity index is 2.62. The number of aromatic nitrogens is 2. The van der Waals surface area contributed by atoms with Crippen LogP contribution in [0.2, 0.25) is 0 Å². The summed E-state index contributed by atoms with van der Waals surface area (Å²) < 4.78 is 14.5. The number of hydrogen-bond donors (Lipinski definition) is 1. The molecule has 1 aromatic carbocycles. The molecular formula is C10H5FIN3O4. The molecular weight excluding hydrogens is 372 g/mol. The van der Waals surface area contributed by atoms with Crippen molar-refractivity contribution >= 4 is 34.2 Å². The molecule has 0 radical (unpaired) electrons. The Morgan fingerprint density at radius 2 is 2.21 bits per heavy atom. The Morgan fingerprint density at radius 1 is 1.53 bits per heavy atom. The molecule has 0 fully saturated rings. The molecule has 0 unspecified atom stereocenters. The number of halogens is 2. The second-order valence-corrected chi connectivity index (χ2v) is 4.65. The molecule has 0 bridgehead atoms. The first-order valence-corrected chi connectivity index (χ1v) is 5.90. The van der Waals surface area contributed by atoms with Crippen LogP contribution in [-0.2, 0) is 0 Å². The molecule has 9 heteroatoms. The molecule has 1 aromatic heterocycles. The van der Waals surface area contributed by atoms with E-state index in [0.29, 0.717) is 0 Å². The normalized spacial score (nSPS) is 10.4.